The normalized spacial score (nSPS) is 18.3. The van der Waals surface area contributed by atoms with Gasteiger partial charge in [-0.1, -0.05) is 78.4 Å². The van der Waals surface area contributed by atoms with E-state index in [9.17, 15) is 8.42 Å². The average molecular weight is 443 g/mol. The number of benzene rings is 3. The summed E-state index contributed by atoms with van der Waals surface area (Å²) in [5, 5.41) is 1.16. The maximum atomic E-state index is 13.4. The minimum absolute atomic E-state index is 0.0121. The zero-order valence-electron chi connectivity index (χ0n) is 18.0. The summed E-state index contributed by atoms with van der Waals surface area (Å²) in [6.07, 6.45) is 2.06. The van der Waals surface area contributed by atoms with Gasteiger partial charge in [0, 0.05) is 42.0 Å². The van der Waals surface area contributed by atoms with Crippen LogP contribution in [0.5, 0.6) is 0 Å². The molecule has 1 saturated heterocycles. The molecular weight excluding hydrogens is 416 g/mol. The minimum atomic E-state index is -3.58. The molecule has 0 amide bonds. The van der Waals surface area contributed by atoms with E-state index in [4.69, 9.17) is 0 Å². The van der Waals surface area contributed by atoms with Crippen LogP contribution in [-0.4, -0.2) is 30.8 Å². The van der Waals surface area contributed by atoms with Crippen LogP contribution in [0, 0.1) is 12.8 Å². The number of H-pyrrole nitrogens is 1. The Balaban J connectivity index is 1.55. The lowest BCUT2D eigenvalue weighted by Crippen LogP contribution is -2.30. The third-order valence-corrected chi connectivity index (χ3v) is 8.31. The monoisotopic (exact) mass is 442 g/mol. The number of sulfonamides is 1. The summed E-state index contributed by atoms with van der Waals surface area (Å²) in [6.45, 7) is 7.03. The summed E-state index contributed by atoms with van der Waals surface area (Å²) in [4.78, 5) is 3.72. The third-order valence-electron chi connectivity index (χ3n) is 6.48. The van der Waals surface area contributed by atoms with Crippen LogP contribution < -0.4 is 0 Å². The van der Waals surface area contributed by atoms with E-state index >= 15 is 0 Å². The first-order valence-electron chi connectivity index (χ1n) is 10.8. The number of rotatable bonds is 5. The highest BCUT2D eigenvalue weighted by Gasteiger charge is 2.40. The summed E-state index contributed by atoms with van der Waals surface area (Å²) < 4.78 is 28.3. The van der Waals surface area contributed by atoms with E-state index < -0.39 is 10.0 Å². The van der Waals surface area contributed by atoms with E-state index in [2.05, 4.69) is 42.0 Å². The fourth-order valence-corrected chi connectivity index (χ4v) is 6.25. The van der Waals surface area contributed by atoms with Gasteiger partial charge in [0.1, 0.15) is 0 Å². The molecule has 2 heterocycles. The number of nitrogens with one attached hydrogen (secondary N) is 1. The number of aryl methyl sites for hydroxylation is 1. The molecule has 0 radical (unpaired) electrons. The summed E-state index contributed by atoms with van der Waals surface area (Å²) >= 11 is 0. The smallest absolute Gasteiger partial charge is 0.243 e. The van der Waals surface area contributed by atoms with E-state index in [0.29, 0.717) is 18.0 Å². The molecule has 4 nitrogen and oxygen atoms in total. The first kappa shape index (κ1) is 20.7. The van der Waals surface area contributed by atoms with E-state index in [1.807, 2.05) is 49.4 Å². The SMILES string of the molecule is C=C1CN(S(=O)(=O)c2ccc(C)cc2)C[C@H]1C(c1ccccc1)c1c[nH]c2ccccc12. The highest BCUT2D eigenvalue weighted by atomic mass is 32.2. The van der Waals surface area contributed by atoms with E-state index in [1.54, 1.807) is 16.4 Å². The molecule has 1 aliphatic rings. The largest absolute Gasteiger partial charge is 0.361 e. The van der Waals surface area contributed by atoms with Gasteiger partial charge < -0.3 is 4.98 Å². The average Bonchev–Trinajstić information content (AvgIpc) is 3.40. The van der Waals surface area contributed by atoms with Crippen LogP contribution in [0.3, 0.4) is 0 Å². The molecule has 32 heavy (non-hydrogen) atoms. The van der Waals surface area contributed by atoms with Crippen LogP contribution in [0.25, 0.3) is 10.9 Å². The van der Waals surface area contributed by atoms with E-state index in [1.165, 1.54) is 5.56 Å². The van der Waals surface area contributed by atoms with Gasteiger partial charge in [0.2, 0.25) is 10.0 Å². The van der Waals surface area contributed by atoms with Crippen molar-refractivity contribution < 1.29 is 8.42 Å². The summed E-state index contributed by atoms with van der Waals surface area (Å²) in [7, 11) is -3.58. The molecule has 4 aromatic rings. The van der Waals surface area contributed by atoms with Gasteiger partial charge in [0.15, 0.2) is 0 Å². The fourth-order valence-electron chi connectivity index (χ4n) is 4.78. The van der Waals surface area contributed by atoms with Gasteiger partial charge in [0.25, 0.3) is 0 Å². The number of fused-ring (bicyclic) bond motifs is 1. The second kappa shape index (κ2) is 8.08. The molecule has 1 aromatic heterocycles. The zero-order valence-corrected chi connectivity index (χ0v) is 18.8. The number of hydrogen-bond acceptors (Lipinski definition) is 2. The van der Waals surface area contributed by atoms with Crippen LogP contribution in [0.2, 0.25) is 0 Å². The van der Waals surface area contributed by atoms with Crippen LogP contribution in [0.1, 0.15) is 22.6 Å². The molecule has 1 fully saturated rings. The predicted octanol–water partition coefficient (Wildman–Crippen LogP) is 5.49. The van der Waals surface area contributed by atoms with Crippen molar-refractivity contribution in [2.75, 3.05) is 13.1 Å². The van der Waals surface area contributed by atoms with Crippen molar-refractivity contribution in [3.8, 4) is 0 Å². The van der Waals surface area contributed by atoms with Crippen LogP contribution in [0.4, 0.5) is 0 Å². The topological polar surface area (TPSA) is 53.2 Å². The van der Waals surface area contributed by atoms with Gasteiger partial charge in [0.05, 0.1) is 4.90 Å². The van der Waals surface area contributed by atoms with Crippen molar-refractivity contribution in [2.45, 2.75) is 17.7 Å². The Morgan fingerprint density at radius 1 is 0.969 bits per heavy atom. The van der Waals surface area contributed by atoms with Gasteiger partial charge in [-0.3, -0.25) is 0 Å². The van der Waals surface area contributed by atoms with E-state index in [0.717, 1.165) is 27.6 Å². The molecule has 1 N–H and O–H groups in total. The third kappa shape index (κ3) is 3.57. The Bertz CT molecular complexity index is 1370. The molecule has 0 bridgehead atoms. The molecular formula is C27H26N2O2S. The predicted molar refractivity (Wildman–Crippen MR) is 129 cm³/mol. The molecule has 0 saturated carbocycles. The second-order valence-corrected chi connectivity index (χ2v) is 10.5. The highest BCUT2D eigenvalue weighted by molar-refractivity contribution is 7.89. The van der Waals surface area contributed by atoms with Gasteiger partial charge in [-0.25, -0.2) is 8.42 Å². The highest BCUT2D eigenvalue weighted by Crippen LogP contribution is 2.43. The van der Waals surface area contributed by atoms with Crippen molar-refractivity contribution in [3.05, 3.63) is 114 Å². The lowest BCUT2D eigenvalue weighted by atomic mass is 9.78. The molecule has 1 aliphatic heterocycles. The summed E-state index contributed by atoms with van der Waals surface area (Å²) in [5.41, 5.74) is 5.40. The Hall–Kier alpha value is -3.15. The van der Waals surface area contributed by atoms with Crippen LogP contribution in [0.15, 0.2) is 102 Å². The Morgan fingerprint density at radius 2 is 1.66 bits per heavy atom. The van der Waals surface area contributed by atoms with E-state index in [-0.39, 0.29) is 11.8 Å². The number of hydrogen-bond donors (Lipinski definition) is 1. The van der Waals surface area contributed by atoms with Gasteiger partial charge in [-0.05, 0) is 36.2 Å². The Kier molecular flexibility index (Phi) is 5.24. The van der Waals surface area contributed by atoms with Gasteiger partial charge in [-0.15, -0.1) is 0 Å². The van der Waals surface area contributed by atoms with Crippen molar-refractivity contribution in [3.63, 3.8) is 0 Å². The standard InChI is InChI=1S/C27H26N2O2S/c1-19-12-14-22(15-13-19)32(30,31)29-17-20(2)25(18-29)27(21-8-4-3-5-9-21)24-16-28-26-11-7-6-10-23(24)26/h3-16,25,27-28H,2,17-18H2,1H3/t25-,27?/m1/s1. The van der Waals surface area contributed by atoms with Crippen LogP contribution in [-0.2, 0) is 10.0 Å². The maximum absolute atomic E-state index is 13.4. The molecule has 1 unspecified atom stereocenters. The molecule has 0 spiro atoms. The summed E-state index contributed by atoms with van der Waals surface area (Å²) in [6, 6.07) is 25.6. The number of para-hydroxylation sites is 1. The molecule has 2 atom stereocenters. The second-order valence-electron chi connectivity index (χ2n) is 8.55. The van der Waals surface area contributed by atoms with Crippen molar-refractivity contribution in [2.24, 2.45) is 5.92 Å². The van der Waals surface area contributed by atoms with Crippen molar-refractivity contribution in [1.82, 2.24) is 9.29 Å². The first-order chi connectivity index (χ1) is 15.4. The van der Waals surface area contributed by atoms with Gasteiger partial charge >= 0.3 is 0 Å². The van der Waals surface area contributed by atoms with Gasteiger partial charge in [-0.2, -0.15) is 4.31 Å². The molecule has 162 valence electrons. The van der Waals surface area contributed by atoms with Crippen molar-refractivity contribution in [1.29, 1.82) is 0 Å². The number of nitrogens with zero attached hydrogens (tertiary/aromatic N) is 1. The lowest BCUT2D eigenvalue weighted by Gasteiger charge is -2.25. The maximum Gasteiger partial charge on any atom is 0.243 e. The lowest BCUT2D eigenvalue weighted by molar-refractivity contribution is 0.444. The zero-order chi connectivity index (χ0) is 22.3. The van der Waals surface area contributed by atoms with Crippen LogP contribution >= 0.6 is 0 Å². The molecule has 0 aliphatic carbocycles. The fraction of sp³-hybridized carbons (Fsp3) is 0.185. The quantitative estimate of drug-likeness (QED) is 0.416. The minimum Gasteiger partial charge on any atom is -0.361 e. The number of aromatic nitrogens is 1. The number of aromatic amines is 1. The first-order valence-corrected chi connectivity index (χ1v) is 12.2. The molecule has 5 rings (SSSR count). The molecule has 5 heteroatoms. The van der Waals surface area contributed by atoms with Crippen molar-refractivity contribution >= 4 is 20.9 Å². The molecule has 3 aromatic carbocycles. The Morgan fingerprint density at radius 3 is 2.41 bits per heavy atom. The summed E-state index contributed by atoms with van der Waals surface area (Å²) in [5.74, 6) is -0.00472. The Labute approximate surface area is 189 Å².